The Bertz CT molecular complexity index is 1220. The van der Waals surface area contributed by atoms with Crippen molar-refractivity contribution in [1.29, 1.82) is 0 Å². The number of nitrogens with zero attached hydrogens (tertiary/aromatic N) is 2. The van der Waals surface area contributed by atoms with Gasteiger partial charge in [0.25, 0.3) is 0 Å². The third-order valence-corrected chi connectivity index (χ3v) is 5.73. The lowest BCUT2D eigenvalue weighted by molar-refractivity contribution is -0.116. The number of benzene rings is 2. The molecule has 0 saturated carbocycles. The molecular formula is C26H27N5OS. The quantitative estimate of drug-likeness (QED) is 0.276. The molecule has 3 N–H and O–H groups in total. The molecule has 6 nitrogen and oxygen atoms in total. The van der Waals surface area contributed by atoms with Crippen LogP contribution in [-0.2, 0) is 4.79 Å². The highest BCUT2D eigenvalue weighted by Gasteiger charge is 2.10. The maximum Gasteiger partial charge on any atom is 0.224 e. The summed E-state index contributed by atoms with van der Waals surface area (Å²) in [5, 5.41) is 14.4. The third kappa shape index (κ3) is 6.46. The minimum Gasteiger partial charge on any atom is -0.339 e. The molecule has 4 rings (SSSR count). The first-order valence-electron chi connectivity index (χ1n) is 10.9. The largest absolute Gasteiger partial charge is 0.339 e. The third-order valence-electron chi connectivity index (χ3n) is 4.80. The van der Waals surface area contributed by atoms with Crippen molar-refractivity contribution in [3.8, 4) is 11.3 Å². The summed E-state index contributed by atoms with van der Waals surface area (Å²) in [4.78, 5) is 17.9. The molecule has 33 heavy (non-hydrogen) atoms. The lowest BCUT2D eigenvalue weighted by Gasteiger charge is -2.11. The zero-order valence-electron chi connectivity index (χ0n) is 18.9. The van der Waals surface area contributed by atoms with Gasteiger partial charge in [-0.15, -0.1) is 0 Å². The molecule has 0 saturated heterocycles. The second-order valence-corrected chi connectivity index (χ2v) is 9.37. The molecule has 1 amide bonds. The number of amides is 1. The average Bonchev–Trinajstić information content (AvgIpc) is 3.19. The number of aromatic amines is 1. The highest BCUT2D eigenvalue weighted by atomic mass is 32.2. The first-order valence-corrected chi connectivity index (χ1v) is 11.7. The monoisotopic (exact) mass is 457 g/mol. The van der Waals surface area contributed by atoms with Crippen LogP contribution >= 0.6 is 11.8 Å². The summed E-state index contributed by atoms with van der Waals surface area (Å²) >= 11 is 1.57. The zero-order chi connectivity index (χ0) is 23.2. The maximum atomic E-state index is 12.0. The summed E-state index contributed by atoms with van der Waals surface area (Å²) < 4.78 is 0. The summed E-state index contributed by atoms with van der Waals surface area (Å²) in [5.41, 5.74) is 4.63. The van der Waals surface area contributed by atoms with Crippen molar-refractivity contribution in [2.24, 2.45) is 5.92 Å². The normalized spacial score (nSPS) is 10.9. The fraction of sp³-hybridized carbons (Fsp3) is 0.192. The van der Waals surface area contributed by atoms with Crippen LogP contribution in [0.15, 0.2) is 82.7 Å². The molecule has 0 aliphatic heterocycles. The van der Waals surface area contributed by atoms with Gasteiger partial charge in [0.2, 0.25) is 5.91 Å². The van der Waals surface area contributed by atoms with Gasteiger partial charge in [-0.05, 0) is 49.2 Å². The molecule has 0 unspecified atom stereocenters. The van der Waals surface area contributed by atoms with E-state index in [-0.39, 0.29) is 5.91 Å². The Balaban J connectivity index is 1.56. The molecule has 0 spiro atoms. The van der Waals surface area contributed by atoms with E-state index in [2.05, 4.69) is 20.8 Å². The van der Waals surface area contributed by atoms with Crippen molar-refractivity contribution in [3.05, 3.63) is 78.5 Å². The van der Waals surface area contributed by atoms with Crippen molar-refractivity contribution in [1.82, 2.24) is 15.2 Å². The Kier molecular flexibility index (Phi) is 7.10. The number of nitrogens with one attached hydrogen (secondary N) is 3. The van der Waals surface area contributed by atoms with Crippen molar-refractivity contribution in [2.45, 2.75) is 37.1 Å². The van der Waals surface area contributed by atoms with Crippen LogP contribution in [0.4, 0.5) is 17.2 Å². The van der Waals surface area contributed by atoms with E-state index in [4.69, 9.17) is 4.98 Å². The number of carbonyl (C=O) groups is 1. The topological polar surface area (TPSA) is 82.7 Å². The van der Waals surface area contributed by atoms with Gasteiger partial charge in [-0.3, -0.25) is 9.89 Å². The minimum absolute atomic E-state index is 0.0342. The van der Waals surface area contributed by atoms with Gasteiger partial charge < -0.3 is 10.6 Å². The number of hydrogen-bond acceptors (Lipinski definition) is 5. The number of rotatable bonds is 8. The van der Waals surface area contributed by atoms with Gasteiger partial charge in [0.15, 0.2) is 5.82 Å². The Labute approximate surface area is 198 Å². The molecule has 0 aliphatic carbocycles. The number of pyridine rings is 1. The van der Waals surface area contributed by atoms with Gasteiger partial charge in [0.05, 0.1) is 5.69 Å². The number of aryl methyl sites for hydroxylation is 1. The van der Waals surface area contributed by atoms with Crippen molar-refractivity contribution < 1.29 is 4.79 Å². The van der Waals surface area contributed by atoms with Crippen molar-refractivity contribution in [2.75, 3.05) is 10.6 Å². The molecule has 0 fully saturated rings. The van der Waals surface area contributed by atoms with E-state index in [9.17, 15) is 4.79 Å². The molecule has 0 radical (unpaired) electrons. The summed E-state index contributed by atoms with van der Waals surface area (Å²) in [7, 11) is 0. The predicted molar refractivity (Wildman–Crippen MR) is 135 cm³/mol. The van der Waals surface area contributed by atoms with E-state index in [1.54, 1.807) is 11.8 Å². The smallest absolute Gasteiger partial charge is 0.224 e. The number of aromatic nitrogens is 3. The summed E-state index contributed by atoms with van der Waals surface area (Å²) in [6.07, 6.45) is 0.512. The van der Waals surface area contributed by atoms with E-state index in [1.165, 1.54) is 0 Å². The molecule has 0 bridgehead atoms. The molecule has 7 heteroatoms. The highest BCUT2D eigenvalue weighted by Crippen LogP contribution is 2.32. The first kappa shape index (κ1) is 22.6. The van der Waals surface area contributed by atoms with E-state index < -0.39 is 0 Å². The maximum absolute atomic E-state index is 12.0. The summed E-state index contributed by atoms with van der Waals surface area (Å²) in [6, 6.07) is 23.9. The Hall–Kier alpha value is -3.58. The van der Waals surface area contributed by atoms with Crippen LogP contribution in [0.2, 0.25) is 0 Å². The fourth-order valence-corrected chi connectivity index (χ4v) is 4.17. The molecular weight excluding hydrogens is 430 g/mol. The molecule has 2 aromatic heterocycles. The zero-order valence-corrected chi connectivity index (χ0v) is 19.7. The average molecular weight is 458 g/mol. The van der Waals surface area contributed by atoms with E-state index in [0.717, 1.165) is 44.1 Å². The van der Waals surface area contributed by atoms with Crippen molar-refractivity contribution >= 4 is 34.9 Å². The van der Waals surface area contributed by atoms with Gasteiger partial charge in [-0.2, -0.15) is 5.10 Å². The molecule has 4 aromatic rings. The van der Waals surface area contributed by atoms with Crippen LogP contribution in [0.5, 0.6) is 0 Å². The van der Waals surface area contributed by atoms with E-state index in [0.29, 0.717) is 12.3 Å². The van der Waals surface area contributed by atoms with E-state index in [1.807, 2.05) is 93.6 Å². The lowest BCUT2D eigenvalue weighted by atomic mass is 10.1. The van der Waals surface area contributed by atoms with Crippen LogP contribution in [0, 0.1) is 12.8 Å². The van der Waals surface area contributed by atoms with Gasteiger partial charge in [-0.25, -0.2) is 4.98 Å². The Morgan fingerprint density at radius 3 is 2.42 bits per heavy atom. The molecule has 2 aromatic carbocycles. The molecule has 0 atom stereocenters. The first-order chi connectivity index (χ1) is 15.9. The Morgan fingerprint density at radius 1 is 1.00 bits per heavy atom. The predicted octanol–water partition coefficient (Wildman–Crippen LogP) is 6.66. The van der Waals surface area contributed by atoms with Gasteiger partial charge in [0.1, 0.15) is 5.03 Å². The number of H-pyrrole nitrogens is 1. The summed E-state index contributed by atoms with van der Waals surface area (Å²) in [6.45, 7) is 6.04. The number of carbonyl (C=O) groups excluding carboxylic acids is 1. The summed E-state index contributed by atoms with van der Waals surface area (Å²) in [5.74, 6) is 1.12. The van der Waals surface area contributed by atoms with Crippen LogP contribution in [-0.4, -0.2) is 21.1 Å². The SMILES string of the molecule is Cc1cc(Nc2cc(Sc3ccc(NC(=O)CC(C)C)cc3)nc(-c3ccccc3)c2)n[nH]1. The van der Waals surface area contributed by atoms with Crippen LogP contribution in [0.3, 0.4) is 0 Å². The number of anilines is 3. The van der Waals surface area contributed by atoms with E-state index >= 15 is 0 Å². The number of hydrogen-bond donors (Lipinski definition) is 3. The second-order valence-electron chi connectivity index (χ2n) is 8.28. The molecule has 168 valence electrons. The van der Waals surface area contributed by atoms with Gasteiger partial charge >= 0.3 is 0 Å². The second kappa shape index (κ2) is 10.4. The van der Waals surface area contributed by atoms with Crippen LogP contribution in [0.25, 0.3) is 11.3 Å². The van der Waals surface area contributed by atoms with Gasteiger partial charge in [-0.1, -0.05) is 55.9 Å². The Morgan fingerprint density at radius 2 is 1.76 bits per heavy atom. The minimum atomic E-state index is 0.0342. The molecule has 2 heterocycles. The lowest BCUT2D eigenvalue weighted by Crippen LogP contribution is -2.13. The van der Waals surface area contributed by atoms with Crippen molar-refractivity contribution in [3.63, 3.8) is 0 Å². The highest BCUT2D eigenvalue weighted by molar-refractivity contribution is 7.99. The van der Waals surface area contributed by atoms with Crippen LogP contribution < -0.4 is 10.6 Å². The molecule has 0 aliphatic rings. The fourth-order valence-electron chi connectivity index (χ4n) is 3.33. The van der Waals surface area contributed by atoms with Gasteiger partial charge in [0, 0.05) is 40.0 Å². The standard InChI is InChI=1S/C26H27N5OS/c1-17(2)13-25(32)28-20-9-11-22(12-10-20)33-26-16-21(27-24-14-18(3)30-31-24)15-23(29-26)19-7-5-4-6-8-19/h4-12,14-17H,13H2,1-3H3,(H,28,32)(H2,27,29,30,31). The van der Waals surface area contributed by atoms with Crippen LogP contribution in [0.1, 0.15) is 26.0 Å².